The number of carboxylic acid groups (broad SMARTS) is 2. The predicted molar refractivity (Wildman–Crippen MR) is 69.1 cm³/mol. The molecule has 1 aliphatic carbocycles. The van der Waals surface area contributed by atoms with E-state index in [1.807, 2.05) is 0 Å². The van der Waals surface area contributed by atoms with Gasteiger partial charge >= 0.3 is 12.1 Å². The first kappa shape index (κ1) is 14.1. The molecular formula is C13H22N2O4. The van der Waals surface area contributed by atoms with E-state index < -0.39 is 18.1 Å². The molecule has 6 heteroatoms. The normalized spacial score (nSPS) is 35.3. The Morgan fingerprint density at radius 1 is 1.11 bits per heavy atom. The molecule has 0 aromatic carbocycles. The van der Waals surface area contributed by atoms with E-state index >= 15 is 0 Å². The van der Waals surface area contributed by atoms with Gasteiger partial charge in [-0.2, -0.15) is 0 Å². The van der Waals surface area contributed by atoms with Crippen LogP contribution in [0.15, 0.2) is 0 Å². The molecule has 1 amide bonds. The van der Waals surface area contributed by atoms with Crippen LogP contribution in [0.2, 0.25) is 0 Å². The molecule has 1 saturated carbocycles. The van der Waals surface area contributed by atoms with Gasteiger partial charge < -0.3 is 15.5 Å². The molecule has 0 aromatic rings. The van der Waals surface area contributed by atoms with Crippen LogP contribution in [-0.4, -0.2) is 51.8 Å². The van der Waals surface area contributed by atoms with Crippen molar-refractivity contribution in [1.82, 2.24) is 10.2 Å². The Hall–Kier alpha value is -1.30. The van der Waals surface area contributed by atoms with E-state index in [0.717, 1.165) is 23.7 Å². The number of amides is 1. The van der Waals surface area contributed by atoms with Crippen molar-refractivity contribution in [2.75, 3.05) is 6.54 Å². The smallest absolute Gasteiger partial charge is 0.408 e. The van der Waals surface area contributed by atoms with Gasteiger partial charge in [0.15, 0.2) is 0 Å². The molecule has 0 radical (unpaired) electrons. The Balaban J connectivity index is 1.89. The Morgan fingerprint density at radius 3 is 2.21 bits per heavy atom. The summed E-state index contributed by atoms with van der Waals surface area (Å²) in [5.41, 5.74) is 0. The molecule has 0 bridgehead atoms. The van der Waals surface area contributed by atoms with Gasteiger partial charge in [0.05, 0.1) is 0 Å². The molecule has 0 spiro atoms. The maximum atomic E-state index is 11.1. The lowest BCUT2D eigenvalue weighted by Crippen LogP contribution is -2.42. The molecule has 6 nitrogen and oxygen atoms in total. The van der Waals surface area contributed by atoms with Crippen LogP contribution in [-0.2, 0) is 4.79 Å². The van der Waals surface area contributed by atoms with Gasteiger partial charge in [-0.05, 0) is 38.0 Å². The molecule has 108 valence electrons. The highest BCUT2D eigenvalue weighted by Gasteiger charge is 2.40. The summed E-state index contributed by atoms with van der Waals surface area (Å²) >= 11 is 0. The van der Waals surface area contributed by atoms with Crippen molar-refractivity contribution in [2.24, 2.45) is 5.92 Å². The fraction of sp³-hybridized carbons (Fsp3) is 0.846. The molecule has 2 atom stereocenters. The van der Waals surface area contributed by atoms with Crippen molar-refractivity contribution in [3.63, 3.8) is 0 Å². The largest absolute Gasteiger partial charge is 0.480 e. The van der Waals surface area contributed by atoms with Crippen LogP contribution in [0.4, 0.5) is 4.79 Å². The van der Waals surface area contributed by atoms with Crippen LogP contribution in [0.25, 0.3) is 0 Å². The standard InChI is InChI=1S/C13H22N2O4/c1-8-2-4-9(5-3-8)14-10-6-11(12(16)17)15(7-10)13(18)19/h8-11,14H,2-7H2,1H3,(H,16,17)(H,18,19)/t8?,9?,10-,11-/m0/s1. The van der Waals surface area contributed by atoms with Crippen molar-refractivity contribution in [2.45, 2.75) is 57.2 Å². The SMILES string of the molecule is CC1CCC(N[C@H]2C[C@@H](C(=O)O)N(C(=O)O)C2)CC1. The summed E-state index contributed by atoms with van der Waals surface area (Å²) in [5, 5.41) is 21.5. The molecule has 2 rings (SSSR count). The molecule has 1 aliphatic heterocycles. The van der Waals surface area contributed by atoms with Gasteiger partial charge in [0, 0.05) is 18.6 Å². The van der Waals surface area contributed by atoms with Crippen LogP contribution in [0.1, 0.15) is 39.0 Å². The molecule has 2 fully saturated rings. The van der Waals surface area contributed by atoms with E-state index in [1.165, 1.54) is 12.8 Å². The predicted octanol–water partition coefficient (Wildman–Crippen LogP) is 1.36. The third kappa shape index (κ3) is 3.37. The fourth-order valence-corrected chi connectivity index (χ4v) is 3.16. The first-order valence-electron chi connectivity index (χ1n) is 6.95. The lowest BCUT2D eigenvalue weighted by Gasteiger charge is -2.29. The number of carbonyl (C=O) groups is 2. The Labute approximate surface area is 112 Å². The number of likely N-dealkylation sites (tertiary alicyclic amines) is 1. The van der Waals surface area contributed by atoms with Crippen LogP contribution in [0.5, 0.6) is 0 Å². The monoisotopic (exact) mass is 270 g/mol. The van der Waals surface area contributed by atoms with Gasteiger partial charge in [0.25, 0.3) is 0 Å². The van der Waals surface area contributed by atoms with E-state index in [9.17, 15) is 9.59 Å². The zero-order chi connectivity index (χ0) is 14.0. The number of rotatable bonds is 3. The highest BCUT2D eigenvalue weighted by Crippen LogP contribution is 2.26. The quantitative estimate of drug-likeness (QED) is 0.720. The van der Waals surface area contributed by atoms with Crippen molar-refractivity contribution < 1.29 is 19.8 Å². The molecule has 2 aliphatic rings. The van der Waals surface area contributed by atoms with Crippen LogP contribution in [0.3, 0.4) is 0 Å². The second-order valence-electron chi connectivity index (χ2n) is 5.85. The molecule has 0 unspecified atom stereocenters. The molecule has 1 heterocycles. The summed E-state index contributed by atoms with van der Waals surface area (Å²) in [6.45, 7) is 2.52. The summed E-state index contributed by atoms with van der Waals surface area (Å²) < 4.78 is 0. The fourth-order valence-electron chi connectivity index (χ4n) is 3.16. The zero-order valence-electron chi connectivity index (χ0n) is 11.2. The second kappa shape index (κ2) is 5.77. The van der Waals surface area contributed by atoms with Crippen molar-refractivity contribution in [1.29, 1.82) is 0 Å². The van der Waals surface area contributed by atoms with Gasteiger partial charge in [0.2, 0.25) is 0 Å². The minimum absolute atomic E-state index is 0.0318. The number of hydrogen-bond donors (Lipinski definition) is 3. The van der Waals surface area contributed by atoms with Crippen molar-refractivity contribution >= 4 is 12.1 Å². The highest BCUT2D eigenvalue weighted by atomic mass is 16.4. The maximum Gasteiger partial charge on any atom is 0.408 e. The van der Waals surface area contributed by atoms with Gasteiger partial charge in [-0.15, -0.1) is 0 Å². The molecule has 0 aromatic heterocycles. The number of nitrogens with zero attached hydrogens (tertiary/aromatic N) is 1. The first-order chi connectivity index (χ1) is 8.97. The number of nitrogens with one attached hydrogen (secondary N) is 1. The van der Waals surface area contributed by atoms with Crippen LogP contribution >= 0.6 is 0 Å². The van der Waals surface area contributed by atoms with Crippen LogP contribution in [0, 0.1) is 5.92 Å². The third-order valence-corrected chi connectivity index (χ3v) is 4.32. The highest BCUT2D eigenvalue weighted by molar-refractivity contribution is 5.80. The number of aliphatic carboxylic acids is 1. The lowest BCUT2D eigenvalue weighted by molar-refractivity contribution is -0.141. The van der Waals surface area contributed by atoms with E-state index in [1.54, 1.807) is 0 Å². The molecular weight excluding hydrogens is 248 g/mol. The summed E-state index contributed by atoms with van der Waals surface area (Å²) in [4.78, 5) is 23.1. The van der Waals surface area contributed by atoms with Gasteiger partial charge in [-0.3, -0.25) is 4.90 Å². The molecule has 19 heavy (non-hydrogen) atoms. The van der Waals surface area contributed by atoms with Crippen LogP contribution < -0.4 is 5.32 Å². The first-order valence-corrected chi connectivity index (χ1v) is 6.95. The lowest BCUT2D eigenvalue weighted by atomic mass is 9.87. The van der Waals surface area contributed by atoms with Gasteiger partial charge in [-0.1, -0.05) is 6.92 Å². The summed E-state index contributed by atoms with van der Waals surface area (Å²) in [5.74, 6) is -0.284. The third-order valence-electron chi connectivity index (χ3n) is 4.32. The van der Waals surface area contributed by atoms with E-state index in [4.69, 9.17) is 10.2 Å². The second-order valence-corrected chi connectivity index (χ2v) is 5.85. The zero-order valence-corrected chi connectivity index (χ0v) is 11.2. The Bertz CT molecular complexity index is 331. The van der Waals surface area contributed by atoms with E-state index in [2.05, 4.69) is 12.2 Å². The van der Waals surface area contributed by atoms with E-state index in [0.29, 0.717) is 12.5 Å². The van der Waals surface area contributed by atoms with Gasteiger partial charge in [-0.25, -0.2) is 9.59 Å². The average Bonchev–Trinajstić information content (AvgIpc) is 2.76. The van der Waals surface area contributed by atoms with Gasteiger partial charge in [0.1, 0.15) is 6.04 Å². The molecule has 3 N–H and O–H groups in total. The minimum Gasteiger partial charge on any atom is -0.480 e. The molecule has 1 saturated heterocycles. The Morgan fingerprint density at radius 2 is 1.74 bits per heavy atom. The van der Waals surface area contributed by atoms with Crippen molar-refractivity contribution in [3.8, 4) is 0 Å². The average molecular weight is 270 g/mol. The van der Waals surface area contributed by atoms with E-state index in [-0.39, 0.29) is 12.6 Å². The number of carboxylic acids is 1. The minimum atomic E-state index is -1.14. The number of hydrogen-bond acceptors (Lipinski definition) is 3. The topological polar surface area (TPSA) is 89.9 Å². The summed E-state index contributed by atoms with van der Waals surface area (Å²) in [6.07, 6.45) is 3.80. The van der Waals surface area contributed by atoms with Crippen molar-refractivity contribution in [3.05, 3.63) is 0 Å². The summed E-state index contributed by atoms with van der Waals surface area (Å²) in [6, 6.07) is -0.530. The summed E-state index contributed by atoms with van der Waals surface area (Å²) in [7, 11) is 0. The Kier molecular flexibility index (Phi) is 4.29. The maximum absolute atomic E-state index is 11.1.